The van der Waals surface area contributed by atoms with Crippen LogP contribution in [0.15, 0.2) is 18.2 Å². The highest BCUT2D eigenvalue weighted by Crippen LogP contribution is 2.22. The van der Waals surface area contributed by atoms with Crippen LogP contribution in [0.4, 0.5) is 5.69 Å². The van der Waals surface area contributed by atoms with Crippen LogP contribution in [0.5, 0.6) is 5.75 Å². The molecule has 0 heterocycles. The topological polar surface area (TPSA) is 63.3 Å². The van der Waals surface area contributed by atoms with Crippen molar-refractivity contribution in [3.63, 3.8) is 0 Å². The molecule has 0 unspecified atom stereocenters. The van der Waals surface area contributed by atoms with Crippen LogP contribution in [-0.2, 0) is 0 Å². The predicted molar refractivity (Wildman–Crippen MR) is 107 cm³/mol. The Hall–Kier alpha value is -1.51. The normalized spacial score (nSPS) is 10.9. The van der Waals surface area contributed by atoms with Gasteiger partial charge in [-0.05, 0) is 24.6 Å². The molecule has 0 amide bonds. The highest BCUT2D eigenvalue weighted by atomic mass is 16.3. The number of phenols is 1. The first-order valence-electron chi connectivity index (χ1n) is 10.3. The van der Waals surface area contributed by atoms with Crippen molar-refractivity contribution in [3.05, 3.63) is 23.8 Å². The number of carbonyl (C=O) groups excluding carboxylic acids is 1. The van der Waals surface area contributed by atoms with E-state index in [0.29, 0.717) is 12.0 Å². The van der Waals surface area contributed by atoms with E-state index in [1.54, 1.807) is 12.1 Å². The Balaban J connectivity index is 1.93. The van der Waals surface area contributed by atoms with Crippen LogP contribution in [0, 0.1) is 0 Å². The van der Waals surface area contributed by atoms with Gasteiger partial charge in [0.2, 0.25) is 0 Å². The number of phenolic OH excluding ortho intramolecular Hbond substituents is 1. The van der Waals surface area contributed by atoms with Gasteiger partial charge in [-0.25, -0.2) is 0 Å². The number of nitrogen functional groups attached to an aromatic ring is 1. The minimum atomic E-state index is 0.0394. The van der Waals surface area contributed by atoms with Crippen LogP contribution in [0.2, 0.25) is 0 Å². The van der Waals surface area contributed by atoms with E-state index in [1.165, 1.54) is 76.7 Å². The summed E-state index contributed by atoms with van der Waals surface area (Å²) in [6, 6.07) is 4.71. The number of carbonyl (C=O) groups is 1. The van der Waals surface area contributed by atoms with E-state index in [9.17, 15) is 9.90 Å². The van der Waals surface area contributed by atoms with Crippen molar-refractivity contribution in [2.24, 2.45) is 0 Å². The number of aromatic hydroxyl groups is 1. The number of Topliss-reactive ketones (excluding diaryl/α,β-unsaturated/α-hetero) is 1. The van der Waals surface area contributed by atoms with Crippen molar-refractivity contribution in [1.29, 1.82) is 0 Å². The molecule has 25 heavy (non-hydrogen) atoms. The molecule has 0 atom stereocenters. The number of hydrogen-bond donors (Lipinski definition) is 2. The molecular weight excluding hydrogens is 310 g/mol. The van der Waals surface area contributed by atoms with Gasteiger partial charge in [0.1, 0.15) is 5.75 Å². The first kappa shape index (κ1) is 21.5. The van der Waals surface area contributed by atoms with E-state index in [4.69, 9.17) is 5.73 Å². The number of nitrogens with two attached hydrogens (primary N) is 1. The fourth-order valence-corrected chi connectivity index (χ4v) is 3.18. The summed E-state index contributed by atoms with van der Waals surface area (Å²) in [6.45, 7) is 2.26. The Morgan fingerprint density at radius 1 is 0.840 bits per heavy atom. The Kier molecular flexibility index (Phi) is 11.8. The monoisotopic (exact) mass is 347 g/mol. The lowest BCUT2D eigenvalue weighted by Crippen LogP contribution is -2.00. The lowest BCUT2D eigenvalue weighted by atomic mass is 10.0. The molecule has 3 nitrogen and oxygen atoms in total. The van der Waals surface area contributed by atoms with E-state index >= 15 is 0 Å². The molecule has 0 aromatic heterocycles. The van der Waals surface area contributed by atoms with Crippen molar-refractivity contribution in [1.82, 2.24) is 0 Å². The zero-order chi connectivity index (χ0) is 18.3. The van der Waals surface area contributed by atoms with Gasteiger partial charge in [0, 0.05) is 12.0 Å². The van der Waals surface area contributed by atoms with Crippen LogP contribution in [0.25, 0.3) is 0 Å². The molecular formula is C22H37NO2. The quantitative estimate of drug-likeness (QED) is 0.162. The van der Waals surface area contributed by atoms with Gasteiger partial charge in [0.05, 0.1) is 5.69 Å². The van der Waals surface area contributed by atoms with E-state index in [2.05, 4.69) is 6.92 Å². The van der Waals surface area contributed by atoms with Crippen LogP contribution >= 0.6 is 0 Å². The third-order valence-electron chi connectivity index (χ3n) is 4.86. The third-order valence-corrected chi connectivity index (χ3v) is 4.86. The maximum atomic E-state index is 12.1. The second-order valence-corrected chi connectivity index (χ2v) is 7.19. The minimum absolute atomic E-state index is 0.0394. The maximum Gasteiger partial charge on any atom is 0.162 e. The van der Waals surface area contributed by atoms with Crippen molar-refractivity contribution >= 4 is 11.5 Å². The fourth-order valence-electron chi connectivity index (χ4n) is 3.18. The second-order valence-electron chi connectivity index (χ2n) is 7.19. The molecule has 0 saturated carbocycles. The van der Waals surface area contributed by atoms with Gasteiger partial charge in [0.25, 0.3) is 0 Å². The van der Waals surface area contributed by atoms with Crippen molar-refractivity contribution in [2.45, 2.75) is 96.8 Å². The van der Waals surface area contributed by atoms with E-state index in [-0.39, 0.29) is 17.2 Å². The molecule has 142 valence electrons. The molecule has 1 aromatic carbocycles. The third kappa shape index (κ3) is 10.2. The van der Waals surface area contributed by atoms with Crippen LogP contribution in [0.1, 0.15) is 107 Å². The first-order chi connectivity index (χ1) is 12.1. The van der Waals surface area contributed by atoms with E-state index in [0.717, 1.165) is 12.8 Å². The van der Waals surface area contributed by atoms with Gasteiger partial charge in [-0.2, -0.15) is 0 Å². The second kappa shape index (κ2) is 13.7. The minimum Gasteiger partial charge on any atom is -0.506 e. The Bertz CT molecular complexity index is 485. The summed E-state index contributed by atoms with van der Waals surface area (Å²) in [4.78, 5) is 12.1. The van der Waals surface area contributed by atoms with Crippen LogP contribution in [-0.4, -0.2) is 10.9 Å². The summed E-state index contributed by atoms with van der Waals surface area (Å²) in [6.07, 6.45) is 17.6. The summed E-state index contributed by atoms with van der Waals surface area (Å²) in [5.41, 5.74) is 6.51. The molecule has 0 radical (unpaired) electrons. The lowest BCUT2D eigenvalue weighted by molar-refractivity contribution is 0.0979. The van der Waals surface area contributed by atoms with E-state index in [1.807, 2.05) is 0 Å². The average Bonchev–Trinajstić information content (AvgIpc) is 2.61. The number of benzene rings is 1. The van der Waals surface area contributed by atoms with Crippen molar-refractivity contribution in [2.75, 3.05) is 5.73 Å². The lowest BCUT2D eigenvalue weighted by Gasteiger charge is -2.05. The summed E-state index contributed by atoms with van der Waals surface area (Å²) in [5, 5.41) is 9.39. The van der Waals surface area contributed by atoms with Crippen molar-refractivity contribution in [3.8, 4) is 5.75 Å². The number of rotatable bonds is 15. The standard InChI is InChI=1S/C22H37NO2/c1-2-3-4-5-6-7-8-9-10-11-12-13-14-15-21(24)19-16-17-22(25)20(23)18-19/h16-18,25H,2-15,23H2,1H3. The molecule has 0 fully saturated rings. The molecule has 1 aromatic rings. The molecule has 0 aliphatic rings. The van der Waals surface area contributed by atoms with Gasteiger partial charge < -0.3 is 10.8 Å². The summed E-state index contributed by atoms with van der Waals surface area (Å²) in [5.74, 6) is 0.160. The van der Waals surface area contributed by atoms with Gasteiger partial charge in [-0.3, -0.25) is 4.79 Å². The van der Waals surface area contributed by atoms with Gasteiger partial charge in [-0.15, -0.1) is 0 Å². The number of hydrogen-bond acceptors (Lipinski definition) is 3. The average molecular weight is 348 g/mol. The summed E-state index contributed by atoms with van der Waals surface area (Å²) < 4.78 is 0. The maximum absolute atomic E-state index is 12.1. The summed E-state index contributed by atoms with van der Waals surface area (Å²) in [7, 11) is 0. The molecule has 0 spiro atoms. The van der Waals surface area contributed by atoms with Crippen LogP contribution in [0.3, 0.4) is 0 Å². The van der Waals surface area contributed by atoms with Gasteiger partial charge in [0.15, 0.2) is 5.78 Å². The smallest absolute Gasteiger partial charge is 0.162 e. The molecule has 1 rings (SSSR count). The number of unbranched alkanes of at least 4 members (excludes halogenated alkanes) is 12. The van der Waals surface area contributed by atoms with Crippen LogP contribution < -0.4 is 5.73 Å². The molecule has 0 aliphatic heterocycles. The largest absolute Gasteiger partial charge is 0.506 e. The molecule has 3 N–H and O–H groups in total. The first-order valence-corrected chi connectivity index (χ1v) is 10.3. The number of anilines is 1. The number of ketones is 1. The zero-order valence-electron chi connectivity index (χ0n) is 16.1. The molecule has 0 aliphatic carbocycles. The predicted octanol–water partition coefficient (Wildman–Crippen LogP) is 6.64. The Morgan fingerprint density at radius 3 is 1.80 bits per heavy atom. The van der Waals surface area contributed by atoms with E-state index < -0.39 is 0 Å². The molecule has 0 saturated heterocycles. The summed E-state index contributed by atoms with van der Waals surface area (Å²) >= 11 is 0. The van der Waals surface area contributed by atoms with Gasteiger partial charge in [-0.1, -0.05) is 84.0 Å². The SMILES string of the molecule is CCCCCCCCCCCCCCCC(=O)c1ccc(O)c(N)c1. The Morgan fingerprint density at radius 2 is 1.32 bits per heavy atom. The highest BCUT2D eigenvalue weighted by Gasteiger charge is 2.07. The van der Waals surface area contributed by atoms with Crippen molar-refractivity contribution < 1.29 is 9.90 Å². The highest BCUT2D eigenvalue weighted by molar-refractivity contribution is 5.97. The molecule has 3 heteroatoms. The fraction of sp³-hybridized carbons (Fsp3) is 0.682. The van der Waals surface area contributed by atoms with Gasteiger partial charge >= 0.3 is 0 Å². The zero-order valence-corrected chi connectivity index (χ0v) is 16.1. The Labute approximate surface area is 154 Å². The molecule has 0 bridgehead atoms.